The Balaban J connectivity index is 0.00000147. The number of fused-ring (bicyclic) bond motifs is 1. The predicted octanol–water partition coefficient (Wildman–Crippen LogP) is 2.64. The molecule has 0 atom stereocenters. The van der Waals surface area contributed by atoms with Gasteiger partial charge in [-0.15, -0.1) is 12.4 Å². The third kappa shape index (κ3) is 2.91. The molecule has 1 aromatic rings. The number of hydrogen-bond donors (Lipinski definition) is 2. The van der Waals surface area contributed by atoms with Gasteiger partial charge in [0.05, 0.1) is 12.1 Å². The molecule has 1 aromatic carbocycles. The van der Waals surface area contributed by atoms with Crippen LogP contribution in [0, 0.1) is 0 Å². The summed E-state index contributed by atoms with van der Waals surface area (Å²) >= 11 is 0. The monoisotopic (exact) mass is 296 g/mol. The van der Waals surface area contributed by atoms with Crippen LogP contribution in [0.5, 0.6) is 5.75 Å². The first-order chi connectivity index (χ1) is 9.17. The van der Waals surface area contributed by atoms with Crippen LogP contribution < -0.4 is 15.8 Å². The molecule has 5 heteroatoms. The minimum Gasteiger partial charge on any atom is -0.493 e. The molecule has 4 nitrogen and oxygen atoms in total. The lowest BCUT2D eigenvalue weighted by Crippen LogP contribution is -2.52. The number of carbonyl (C=O) groups is 1. The fourth-order valence-corrected chi connectivity index (χ4v) is 2.93. The first-order valence-electron chi connectivity index (χ1n) is 7.03. The third-order valence-corrected chi connectivity index (χ3v) is 4.15. The minimum absolute atomic E-state index is 0. The Morgan fingerprint density at radius 1 is 1.25 bits per heavy atom. The van der Waals surface area contributed by atoms with E-state index in [-0.39, 0.29) is 18.3 Å². The molecule has 3 rings (SSSR count). The second-order valence-electron chi connectivity index (χ2n) is 5.59. The number of nitrogens with one attached hydrogen (secondary N) is 1. The molecule has 0 bridgehead atoms. The van der Waals surface area contributed by atoms with Gasteiger partial charge < -0.3 is 15.8 Å². The van der Waals surface area contributed by atoms with Crippen molar-refractivity contribution < 1.29 is 9.53 Å². The van der Waals surface area contributed by atoms with Crippen molar-refractivity contribution in [2.45, 2.75) is 44.1 Å². The highest BCUT2D eigenvalue weighted by atomic mass is 35.5. The molecular formula is C15H21ClN2O2. The van der Waals surface area contributed by atoms with E-state index in [0.717, 1.165) is 55.7 Å². The Morgan fingerprint density at radius 2 is 2.00 bits per heavy atom. The highest BCUT2D eigenvalue weighted by Gasteiger charge is 2.35. The van der Waals surface area contributed by atoms with Gasteiger partial charge >= 0.3 is 0 Å². The summed E-state index contributed by atoms with van der Waals surface area (Å²) in [6.07, 6.45) is 5.75. The van der Waals surface area contributed by atoms with Gasteiger partial charge in [-0.1, -0.05) is 19.3 Å². The van der Waals surface area contributed by atoms with E-state index in [1.54, 1.807) is 0 Å². The molecule has 3 N–H and O–H groups in total. The van der Waals surface area contributed by atoms with Crippen LogP contribution in [0.1, 0.15) is 37.7 Å². The summed E-state index contributed by atoms with van der Waals surface area (Å²) in [4.78, 5) is 12.3. The number of amides is 1. The van der Waals surface area contributed by atoms with Gasteiger partial charge in [0.25, 0.3) is 0 Å². The lowest BCUT2D eigenvalue weighted by Gasteiger charge is -2.31. The van der Waals surface area contributed by atoms with Crippen molar-refractivity contribution in [3.8, 4) is 5.75 Å². The van der Waals surface area contributed by atoms with Gasteiger partial charge in [0, 0.05) is 12.1 Å². The van der Waals surface area contributed by atoms with Gasteiger partial charge in [-0.25, -0.2) is 0 Å². The lowest BCUT2D eigenvalue weighted by molar-refractivity contribution is -0.122. The van der Waals surface area contributed by atoms with E-state index in [1.807, 2.05) is 18.2 Å². The van der Waals surface area contributed by atoms with Crippen molar-refractivity contribution in [3.05, 3.63) is 23.8 Å². The van der Waals surface area contributed by atoms with Gasteiger partial charge in [-0.3, -0.25) is 4.79 Å². The van der Waals surface area contributed by atoms with Crippen molar-refractivity contribution >= 4 is 24.0 Å². The number of nitrogens with two attached hydrogens (primary N) is 1. The summed E-state index contributed by atoms with van der Waals surface area (Å²) in [6, 6.07) is 5.79. The summed E-state index contributed by atoms with van der Waals surface area (Å²) in [5, 5.41) is 2.96. The summed E-state index contributed by atoms with van der Waals surface area (Å²) < 4.78 is 5.46. The molecule has 1 aliphatic heterocycles. The lowest BCUT2D eigenvalue weighted by atomic mass is 9.82. The van der Waals surface area contributed by atoms with Crippen molar-refractivity contribution in [1.29, 1.82) is 0 Å². The highest BCUT2D eigenvalue weighted by molar-refractivity contribution is 5.98. The second-order valence-corrected chi connectivity index (χ2v) is 5.59. The van der Waals surface area contributed by atoms with E-state index in [2.05, 4.69) is 5.32 Å². The first kappa shape index (κ1) is 15.1. The van der Waals surface area contributed by atoms with E-state index >= 15 is 0 Å². The molecule has 1 amide bonds. The molecular weight excluding hydrogens is 276 g/mol. The SMILES string of the molecule is Cl.NC1(C(=O)Nc2ccc3c(c2)CCO3)CCCCC1. The van der Waals surface area contributed by atoms with E-state index in [9.17, 15) is 4.79 Å². The van der Waals surface area contributed by atoms with Crippen molar-refractivity contribution in [2.75, 3.05) is 11.9 Å². The van der Waals surface area contributed by atoms with Gasteiger partial charge in [0.2, 0.25) is 5.91 Å². The van der Waals surface area contributed by atoms with Gasteiger partial charge in [0.15, 0.2) is 0 Å². The maximum Gasteiger partial charge on any atom is 0.244 e. The largest absolute Gasteiger partial charge is 0.493 e. The number of carbonyl (C=O) groups excluding carboxylic acids is 1. The van der Waals surface area contributed by atoms with E-state index in [1.165, 1.54) is 6.42 Å². The van der Waals surface area contributed by atoms with Crippen molar-refractivity contribution in [2.24, 2.45) is 5.73 Å². The number of benzene rings is 1. The summed E-state index contributed by atoms with van der Waals surface area (Å²) in [6.45, 7) is 0.730. The zero-order chi connectivity index (χ0) is 13.3. The Bertz CT molecular complexity index is 499. The van der Waals surface area contributed by atoms with Crippen LogP contribution in [0.15, 0.2) is 18.2 Å². The van der Waals surface area contributed by atoms with Crippen molar-refractivity contribution in [3.63, 3.8) is 0 Å². The topological polar surface area (TPSA) is 64.4 Å². The molecule has 1 aliphatic carbocycles. The van der Waals surface area contributed by atoms with Gasteiger partial charge in [0.1, 0.15) is 5.75 Å². The van der Waals surface area contributed by atoms with Crippen LogP contribution >= 0.6 is 12.4 Å². The average Bonchev–Trinajstić information content (AvgIpc) is 2.87. The quantitative estimate of drug-likeness (QED) is 0.882. The molecule has 0 radical (unpaired) electrons. The maximum atomic E-state index is 12.3. The van der Waals surface area contributed by atoms with Crippen LogP contribution in [0.2, 0.25) is 0 Å². The molecule has 20 heavy (non-hydrogen) atoms. The maximum absolute atomic E-state index is 12.3. The van der Waals surface area contributed by atoms with E-state index in [0.29, 0.717) is 0 Å². The summed E-state index contributed by atoms with van der Waals surface area (Å²) in [5.74, 6) is 0.879. The number of anilines is 1. The molecule has 0 saturated heterocycles. The normalized spacial score (nSPS) is 19.4. The summed E-state index contributed by atoms with van der Waals surface area (Å²) in [5.41, 5.74) is 7.52. The van der Waals surface area contributed by atoms with Crippen molar-refractivity contribution in [1.82, 2.24) is 0 Å². The Morgan fingerprint density at radius 3 is 2.75 bits per heavy atom. The Labute approximate surface area is 125 Å². The number of ether oxygens (including phenoxy) is 1. The second kappa shape index (κ2) is 6.02. The fourth-order valence-electron chi connectivity index (χ4n) is 2.93. The zero-order valence-corrected chi connectivity index (χ0v) is 12.3. The Kier molecular flexibility index (Phi) is 4.55. The average molecular weight is 297 g/mol. The number of hydrogen-bond acceptors (Lipinski definition) is 3. The molecule has 110 valence electrons. The molecule has 1 heterocycles. The number of halogens is 1. The smallest absolute Gasteiger partial charge is 0.244 e. The third-order valence-electron chi connectivity index (χ3n) is 4.15. The molecule has 1 fully saturated rings. The van der Waals surface area contributed by atoms with Gasteiger partial charge in [-0.2, -0.15) is 0 Å². The summed E-state index contributed by atoms with van der Waals surface area (Å²) in [7, 11) is 0. The minimum atomic E-state index is -0.687. The van der Waals surface area contributed by atoms with Crippen LogP contribution in [-0.2, 0) is 11.2 Å². The zero-order valence-electron chi connectivity index (χ0n) is 11.5. The molecule has 0 unspecified atom stereocenters. The van der Waals surface area contributed by atoms with Crippen LogP contribution in [0.3, 0.4) is 0 Å². The molecule has 0 spiro atoms. The number of rotatable bonds is 2. The van der Waals surface area contributed by atoms with Gasteiger partial charge in [-0.05, 0) is 36.6 Å². The molecule has 1 saturated carbocycles. The standard InChI is InChI=1S/C15H20N2O2.ClH/c16-15(7-2-1-3-8-15)14(18)17-12-4-5-13-11(10-12)6-9-19-13;/h4-5,10H,1-3,6-9,16H2,(H,17,18);1H. The Hall–Kier alpha value is -1.26. The van der Waals surface area contributed by atoms with E-state index < -0.39 is 5.54 Å². The fraction of sp³-hybridized carbons (Fsp3) is 0.533. The molecule has 2 aliphatic rings. The van der Waals surface area contributed by atoms with Crippen LogP contribution in [0.4, 0.5) is 5.69 Å². The van der Waals surface area contributed by atoms with Crippen LogP contribution in [-0.4, -0.2) is 18.1 Å². The highest BCUT2D eigenvalue weighted by Crippen LogP contribution is 2.30. The predicted molar refractivity (Wildman–Crippen MR) is 81.5 cm³/mol. The molecule has 0 aromatic heterocycles. The first-order valence-corrected chi connectivity index (χ1v) is 7.03. The van der Waals surface area contributed by atoms with E-state index in [4.69, 9.17) is 10.5 Å². The van der Waals surface area contributed by atoms with Crippen LogP contribution in [0.25, 0.3) is 0 Å².